The second-order valence-electron chi connectivity index (χ2n) is 7.73. The molecule has 3 amide bonds. The van der Waals surface area contributed by atoms with E-state index in [0.717, 1.165) is 16.3 Å². The molecule has 0 unspecified atom stereocenters. The molecule has 1 aliphatic heterocycles. The summed E-state index contributed by atoms with van der Waals surface area (Å²) in [4.78, 5) is 29.4. The van der Waals surface area contributed by atoms with Gasteiger partial charge in [0.1, 0.15) is 6.04 Å². The third kappa shape index (κ3) is 4.44. The molecule has 0 spiro atoms. The highest BCUT2D eigenvalue weighted by Gasteiger charge is 2.39. The number of urea groups is 1. The minimum absolute atomic E-state index is 0.0218. The Kier molecular flexibility index (Phi) is 5.95. The lowest BCUT2D eigenvalue weighted by atomic mass is 10.1. The van der Waals surface area contributed by atoms with Crippen LogP contribution < -0.4 is 5.32 Å². The predicted molar refractivity (Wildman–Crippen MR) is 124 cm³/mol. The summed E-state index contributed by atoms with van der Waals surface area (Å²) in [5.41, 5.74) is 1.77. The van der Waals surface area contributed by atoms with Gasteiger partial charge in [-0.25, -0.2) is 4.79 Å². The maximum Gasteiger partial charge on any atom is 0.322 e. The average molecular weight is 420 g/mol. The molecule has 3 aromatic rings. The van der Waals surface area contributed by atoms with Crippen molar-refractivity contribution in [1.29, 1.82) is 0 Å². The molecule has 4 rings (SSSR count). The first-order valence-corrected chi connectivity index (χ1v) is 10.6. The van der Waals surface area contributed by atoms with Gasteiger partial charge in [0.2, 0.25) is 5.91 Å². The summed E-state index contributed by atoms with van der Waals surface area (Å²) in [5, 5.41) is 5.10. The number of carbonyl (C=O) groups excluding carboxylic acids is 2. The van der Waals surface area contributed by atoms with Crippen LogP contribution >= 0.6 is 12.6 Å². The molecule has 1 saturated heterocycles. The molecule has 0 aliphatic carbocycles. The monoisotopic (exact) mass is 419 g/mol. The average Bonchev–Trinajstić information content (AvgIpc) is 3.15. The Labute approximate surface area is 182 Å². The molecule has 30 heavy (non-hydrogen) atoms. The van der Waals surface area contributed by atoms with Gasteiger partial charge in [0.05, 0.1) is 0 Å². The number of hydrogen-bond acceptors (Lipinski definition) is 3. The van der Waals surface area contributed by atoms with Crippen molar-refractivity contribution in [2.45, 2.75) is 24.3 Å². The number of amides is 3. The molecule has 1 heterocycles. The van der Waals surface area contributed by atoms with Crippen molar-refractivity contribution in [2.75, 3.05) is 18.9 Å². The van der Waals surface area contributed by atoms with E-state index < -0.39 is 6.04 Å². The summed E-state index contributed by atoms with van der Waals surface area (Å²) in [5.74, 6) is -0.0657. The maximum atomic E-state index is 13.1. The van der Waals surface area contributed by atoms with E-state index in [1.54, 1.807) is 16.8 Å². The van der Waals surface area contributed by atoms with E-state index in [1.165, 1.54) is 0 Å². The summed E-state index contributed by atoms with van der Waals surface area (Å²) < 4.78 is 0. The number of hydrogen-bond donors (Lipinski definition) is 2. The van der Waals surface area contributed by atoms with Crippen molar-refractivity contribution in [1.82, 2.24) is 9.80 Å². The van der Waals surface area contributed by atoms with E-state index in [-0.39, 0.29) is 17.2 Å². The summed E-state index contributed by atoms with van der Waals surface area (Å²) in [6.45, 7) is 0.950. The standard InChI is InChI=1S/C24H25N3O2S/c1-26(15-17-7-3-2-4-8-17)23(28)22-14-21(30)16-27(22)24(29)25-20-12-11-18-9-5-6-10-19(18)13-20/h2-13,21-22,30H,14-16H2,1H3,(H,25,29)/t21-,22+/m0/s1. The van der Waals surface area contributed by atoms with Gasteiger partial charge < -0.3 is 15.1 Å². The van der Waals surface area contributed by atoms with Crippen LogP contribution in [0, 0.1) is 0 Å². The number of fused-ring (bicyclic) bond motifs is 1. The van der Waals surface area contributed by atoms with Crippen molar-refractivity contribution < 1.29 is 9.59 Å². The number of carbonyl (C=O) groups is 2. The molecule has 1 fully saturated rings. The van der Waals surface area contributed by atoms with Crippen LogP contribution in [-0.2, 0) is 11.3 Å². The Bertz CT molecular complexity index is 1060. The third-order valence-electron chi connectivity index (χ3n) is 5.46. The van der Waals surface area contributed by atoms with E-state index in [4.69, 9.17) is 0 Å². The fourth-order valence-corrected chi connectivity index (χ4v) is 4.30. The molecule has 0 saturated carbocycles. The van der Waals surface area contributed by atoms with Gasteiger partial charge in [0, 0.05) is 31.1 Å². The number of nitrogens with zero attached hydrogens (tertiary/aromatic N) is 2. The van der Waals surface area contributed by atoms with Crippen molar-refractivity contribution in [2.24, 2.45) is 0 Å². The topological polar surface area (TPSA) is 52.7 Å². The van der Waals surface area contributed by atoms with Crippen molar-refractivity contribution in [3.8, 4) is 0 Å². The summed E-state index contributed by atoms with van der Waals surface area (Å²) in [6.07, 6.45) is 0.548. The number of thiol groups is 1. The number of benzene rings is 3. The van der Waals surface area contributed by atoms with Crippen LogP contribution in [0.3, 0.4) is 0 Å². The fraction of sp³-hybridized carbons (Fsp3) is 0.250. The predicted octanol–water partition coefficient (Wildman–Crippen LogP) is 4.40. The van der Waals surface area contributed by atoms with Crippen LogP contribution in [0.4, 0.5) is 10.5 Å². The van der Waals surface area contributed by atoms with Crippen molar-refractivity contribution in [3.63, 3.8) is 0 Å². The third-order valence-corrected chi connectivity index (χ3v) is 5.84. The Hall–Kier alpha value is -2.99. The minimum atomic E-state index is -0.512. The van der Waals surface area contributed by atoms with Gasteiger partial charge >= 0.3 is 6.03 Å². The van der Waals surface area contributed by atoms with Gasteiger partial charge in [-0.05, 0) is 34.9 Å². The van der Waals surface area contributed by atoms with Gasteiger partial charge in [-0.15, -0.1) is 0 Å². The van der Waals surface area contributed by atoms with Crippen LogP contribution in [0.5, 0.6) is 0 Å². The SMILES string of the molecule is CN(Cc1ccccc1)C(=O)[C@H]1C[C@H](S)CN1C(=O)Nc1ccc2ccccc2c1. The van der Waals surface area contributed by atoms with Gasteiger partial charge in [-0.2, -0.15) is 12.6 Å². The van der Waals surface area contributed by atoms with Gasteiger partial charge in [-0.1, -0.05) is 60.7 Å². The minimum Gasteiger partial charge on any atom is -0.340 e. The lowest BCUT2D eigenvalue weighted by molar-refractivity contribution is -0.134. The molecule has 0 aromatic heterocycles. The maximum absolute atomic E-state index is 13.1. The molecule has 6 heteroatoms. The zero-order valence-corrected chi connectivity index (χ0v) is 17.8. The van der Waals surface area contributed by atoms with Crippen molar-refractivity contribution in [3.05, 3.63) is 78.4 Å². The van der Waals surface area contributed by atoms with Gasteiger partial charge in [0.15, 0.2) is 0 Å². The quantitative estimate of drug-likeness (QED) is 0.616. The number of likely N-dealkylation sites (N-methyl/N-ethyl adjacent to an activating group) is 1. The first kappa shape index (κ1) is 20.3. The molecule has 1 N–H and O–H groups in total. The molecule has 2 atom stereocenters. The van der Waals surface area contributed by atoms with Crippen LogP contribution in [-0.4, -0.2) is 46.6 Å². The molecule has 1 aliphatic rings. The number of nitrogens with one attached hydrogen (secondary N) is 1. The Morgan fingerprint density at radius 2 is 1.73 bits per heavy atom. The smallest absolute Gasteiger partial charge is 0.322 e. The summed E-state index contributed by atoms with van der Waals surface area (Å²) in [7, 11) is 1.78. The van der Waals surface area contributed by atoms with Crippen LogP contribution in [0.15, 0.2) is 72.8 Å². The number of rotatable bonds is 4. The molecule has 154 valence electrons. The normalized spacial score (nSPS) is 18.4. The molecule has 0 bridgehead atoms. The molecular formula is C24H25N3O2S. The molecule has 0 radical (unpaired) electrons. The van der Waals surface area contributed by atoms with Crippen LogP contribution in [0.25, 0.3) is 10.8 Å². The second-order valence-corrected chi connectivity index (χ2v) is 8.46. The van der Waals surface area contributed by atoms with Crippen molar-refractivity contribution >= 4 is 41.0 Å². The van der Waals surface area contributed by atoms with E-state index in [9.17, 15) is 9.59 Å². The zero-order valence-electron chi connectivity index (χ0n) is 16.9. The first-order valence-electron chi connectivity index (χ1n) is 10.0. The lowest BCUT2D eigenvalue weighted by Gasteiger charge is -2.28. The highest BCUT2D eigenvalue weighted by Crippen LogP contribution is 2.26. The lowest BCUT2D eigenvalue weighted by Crippen LogP contribution is -2.47. The summed E-state index contributed by atoms with van der Waals surface area (Å²) >= 11 is 4.55. The number of anilines is 1. The Balaban J connectivity index is 1.47. The van der Waals surface area contributed by atoms with Crippen LogP contribution in [0.2, 0.25) is 0 Å². The van der Waals surface area contributed by atoms with E-state index in [2.05, 4.69) is 17.9 Å². The van der Waals surface area contributed by atoms with Crippen LogP contribution in [0.1, 0.15) is 12.0 Å². The largest absolute Gasteiger partial charge is 0.340 e. The number of likely N-dealkylation sites (tertiary alicyclic amines) is 1. The zero-order chi connectivity index (χ0) is 21.1. The molecule has 3 aromatic carbocycles. The second kappa shape index (κ2) is 8.79. The van der Waals surface area contributed by atoms with E-state index in [0.29, 0.717) is 25.2 Å². The highest BCUT2D eigenvalue weighted by atomic mass is 32.1. The Morgan fingerprint density at radius 1 is 1.03 bits per heavy atom. The van der Waals surface area contributed by atoms with Gasteiger partial charge in [-0.3, -0.25) is 4.79 Å². The summed E-state index contributed by atoms with van der Waals surface area (Å²) in [6, 6.07) is 22.9. The van der Waals surface area contributed by atoms with Gasteiger partial charge in [0.25, 0.3) is 0 Å². The fourth-order valence-electron chi connectivity index (χ4n) is 3.92. The first-order chi connectivity index (χ1) is 14.5. The van der Waals surface area contributed by atoms with E-state index >= 15 is 0 Å². The molecular weight excluding hydrogens is 394 g/mol. The highest BCUT2D eigenvalue weighted by molar-refractivity contribution is 7.81. The molecule has 5 nitrogen and oxygen atoms in total. The van der Waals surface area contributed by atoms with E-state index in [1.807, 2.05) is 72.8 Å². The Morgan fingerprint density at radius 3 is 2.50 bits per heavy atom.